The van der Waals surface area contributed by atoms with Gasteiger partial charge >= 0.3 is 0 Å². The van der Waals surface area contributed by atoms with Crippen molar-refractivity contribution in [2.24, 2.45) is 0 Å². The third kappa shape index (κ3) is 4.30. The van der Waals surface area contributed by atoms with Gasteiger partial charge < -0.3 is 28.8 Å². The molecule has 1 aliphatic carbocycles. The summed E-state index contributed by atoms with van der Waals surface area (Å²) in [4.78, 5) is 16.9. The number of nitrogens with one attached hydrogen (secondary N) is 1. The Morgan fingerprint density at radius 1 is 1.03 bits per heavy atom. The smallest absolute Gasteiger partial charge is 0.251 e. The maximum absolute atomic E-state index is 12.5. The lowest BCUT2D eigenvalue weighted by Crippen LogP contribution is -2.34. The number of anilines is 1. The average Bonchev–Trinajstić information content (AvgIpc) is 3.57. The first-order valence-electron chi connectivity index (χ1n) is 10.9. The Labute approximate surface area is 191 Å². The molecule has 1 N–H and O–H groups in total. The molecule has 9 heteroatoms. The number of aromatic nitrogens is 2. The first kappa shape index (κ1) is 21.1. The SMILES string of the molecule is COc1ccc(-c2noc(CCC(=O)Nc3ccc4c(c3)OC3(CCCC3)O4)n2)cc1OC. The van der Waals surface area contributed by atoms with Crippen molar-refractivity contribution in [2.45, 2.75) is 44.3 Å². The number of carbonyl (C=O) groups is 1. The van der Waals surface area contributed by atoms with Crippen LogP contribution in [0.15, 0.2) is 40.9 Å². The van der Waals surface area contributed by atoms with Crippen molar-refractivity contribution in [2.75, 3.05) is 19.5 Å². The van der Waals surface area contributed by atoms with Crippen molar-refractivity contribution in [3.63, 3.8) is 0 Å². The summed E-state index contributed by atoms with van der Waals surface area (Å²) < 4.78 is 27.9. The topological polar surface area (TPSA) is 105 Å². The molecule has 0 radical (unpaired) electrons. The number of rotatable bonds is 7. The number of aryl methyl sites for hydroxylation is 1. The molecule has 2 aliphatic rings. The fourth-order valence-electron chi connectivity index (χ4n) is 4.18. The summed E-state index contributed by atoms with van der Waals surface area (Å²) in [6, 6.07) is 10.8. The fraction of sp³-hybridized carbons (Fsp3) is 0.375. The summed E-state index contributed by atoms with van der Waals surface area (Å²) in [5.74, 6) is 2.71. The lowest BCUT2D eigenvalue weighted by atomic mass is 10.2. The quantitative estimate of drug-likeness (QED) is 0.565. The zero-order valence-electron chi connectivity index (χ0n) is 18.6. The van der Waals surface area contributed by atoms with Crippen LogP contribution in [0.4, 0.5) is 5.69 Å². The van der Waals surface area contributed by atoms with E-state index in [1.165, 1.54) is 0 Å². The fourth-order valence-corrected chi connectivity index (χ4v) is 4.18. The molecule has 172 valence electrons. The van der Waals surface area contributed by atoms with Crippen LogP contribution in [0.1, 0.15) is 38.0 Å². The molecule has 1 amide bonds. The van der Waals surface area contributed by atoms with E-state index in [0.717, 1.165) is 37.0 Å². The van der Waals surface area contributed by atoms with Gasteiger partial charge in [0, 0.05) is 43.0 Å². The van der Waals surface area contributed by atoms with Crippen LogP contribution in [-0.4, -0.2) is 36.1 Å². The highest BCUT2D eigenvalue weighted by atomic mass is 16.7. The molecule has 9 nitrogen and oxygen atoms in total. The van der Waals surface area contributed by atoms with Crippen LogP contribution in [0.2, 0.25) is 0 Å². The monoisotopic (exact) mass is 451 g/mol. The molecule has 3 aromatic rings. The van der Waals surface area contributed by atoms with Crippen LogP contribution in [0.25, 0.3) is 11.4 Å². The van der Waals surface area contributed by atoms with E-state index in [-0.39, 0.29) is 12.3 Å². The van der Waals surface area contributed by atoms with Gasteiger partial charge in [-0.1, -0.05) is 5.16 Å². The zero-order chi connectivity index (χ0) is 22.8. The zero-order valence-corrected chi connectivity index (χ0v) is 18.6. The van der Waals surface area contributed by atoms with E-state index < -0.39 is 5.79 Å². The largest absolute Gasteiger partial charge is 0.493 e. The molecule has 0 atom stereocenters. The molecular weight excluding hydrogens is 426 g/mol. The second-order valence-electron chi connectivity index (χ2n) is 8.11. The van der Waals surface area contributed by atoms with Crippen LogP contribution in [0, 0.1) is 0 Å². The molecule has 1 aliphatic heterocycles. The molecule has 33 heavy (non-hydrogen) atoms. The first-order valence-corrected chi connectivity index (χ1v) is 10.9. The molecule has 2 aromatic carbocycles. The molecule has 1 saturated carbocycles. The predicted octanol–water partition coefficient (Wildman–Crippen LogP) is 4.37. The van der Waals surface area contributed by atoms with Crippen molar-refractivity contribution < 1.29 is 28.3 Å². The van der Waals surface area contributed by atoms with Gasteiger partial charge in [-0.05, 0) is 43.2 Å². The number of hydrogen-bond acceptors (Lipinski definition) is 8. The number of carbonyl (C=O) groups excluding carboxylic acids is 1. The van der Waals surface area contributed by atoms with Crippen LogP contribution < -0.4 is 24.3 Å². The van der Waals surface area contributed by atoms with E-state index in [1.54, 1.807) is 26.4 Å². The van der Waals surface area contributed by atoms with E-state index in [0.29, 0.717) is 41.1 Å². The van der Waals surface area contributed by atoms with Gasteiger partial charge in [-0.25, -0.2) is 0 Å². The lowest BCUT2D eigenvalue weighted by molar-refractivity contribution is -0.116. The first-order chi connectivity index (χ1) is 16.1. The van der Waals surface area contributed by atoms with Crippen molar-refractivity contribution in [1.82, 2.24) is 10.1 Å². The number of ether oxygens (including phenoxy) is 4. The second kappa shape index (κ2) is 8.65. The standard InChI is InChI=1S/C24H25N3O6/c1-29-17-7-5-15(13-19(17)30-2)23-26-22(33-27-23)10-9-21(28)25-16-6-8-18-20(14-16)32-24(31-18)11-3-4-12-24/h5-8,13-14H,3-4,9-12H2,1-2H3,(H,25,28). The van der Waals surface area contributed by atoms with Gasteiger partial charge in [-0.3, -0.25) is 4.79 Å². The Morgan fingerprint density at radius 3 is 2.61 bits per heavy atom. The van der Waals surface area contributed by atoms with Gasteiger partial charge in [0.2, 0.25) is 17.6 Å². The molecular formula is C24H25N3O6. The number of methoxy groups -OCH3 is 2. The van der Waals surface area contributed by atoms with Gasteiger partial charge in [-0.2, -0.15) is 4.98 Å². The number of fused-ring (bicyclic) bond motifs is 1. The van der Waals surface area contributed by atoms with Crippen LogP contribution in [-0.2, 0) is 11.2 Å². The number of amides is 1. The molecule has 1 aromatic heterocycles. The molecule has 1 fully saturated rings. The van der Waals surface area contributed by atoms with Crippen LogP contribution in [0.5, 0.6) is 23.0 Å². The third-order valence-electron chi connectivity index (χ3n) is 5.86. The average molecular weight is 451 g/mol. The van der Waals surface area contributed by atoms with Crippen molar-refractivity contribution in [3.8, 4) is 34.4 Å². The number of hydrogen-bond donors (Lipinski definition) is 1. The van der Waals surface area contributed by atoms with Crippen molar-refractivity contribution in [1.29, 1.82) is 0 Å². The van der Waals surface area contributed by atoms with Crippen LogP contribution in [0.3, 0.4) is 0 Å². The minimum Gasteiger partial charge on any atom is -0.493 e. The van der Waals surface area contributed by atoms with E-state index >= 15 is 0 Å². The highest BCUT2D eigenvalue weighted by molar-refractivity contribution is 5.91. The van der Waals surface area contributed by atoms with E-state index in [9.17, 15) is 4.79 Å². The van der Waals surface area contributed by atoms with Gasteiger partial charge in [0.15, 0.2) is 23.0 Å². The summed E-state index contributed by atoms with van der Waals surface area (Å²) >= 11 is 0. The van der Waals surface area contributed by atoms with Gasteiger partial charge in [0.1, 0.15) is 0 Å². The summed E-state index contributed by atoms with van der Waals surface area (Å²) in [6.45, 7) is 0. The normalized spacial score (nSPS) is 15.6. The molecule has 0 saturated heterocycles. The summed E-state index contributed by atoms with van der Waals surface area (Å²) in [5.41, 5.74) is 1.39. The predicted molar refractivity (Wildman–Crippen MR) is 119 cm³/mol. The highest BCUT2D eigenvalue weighted by Crippen LogP contribution is 2.47. The Morgan fingerprint density at radius 2 is 1.82 bits per heavy atom. The molecule has 0 unspecified atom stereocenters. The number of nitrogens with zero attached hydrogens (tertiary/aromatic N) is 2. The molecule has 2 heterocycles. The Bertz CT molecular complexity index is 1170. The Balaban J connectivity index is 1.18. The molecule has 5 rings (SSSR count). The number of benzene rings is 2. The third-order valence-corrected chi connectivity index (χ3v) is 5.86. The lowest BCUT2D eigenvalue weighted by Gasteiger charge is -2.21. The van der Waals surface area contributed by atoms with Crippen molar-refractivity contribution >= 4 is 11.6 Å². The molecule has 0 bridgehead atoms. The Hall–Kier alpha value is -3.75. The minimum absolute atomic E-state index is 0.157. The van der Waals surface area contributed by atoms with Gasteiger partial charge in [-0.15, -0.1) is 0 Å². The minimum atomic E-state index is -0.519. The van der Waals surface area contributed by atoms with E-state index in [1.807, 2.05) is 24.3 Å². The van der Waals surface area contributed by atoms with Gasteiger partial charge in [0.25, 0.3) is 5.79 Å². The molecule has 1 spiro atoms. The van der Waals surface area contributed by atoms with E-state index in [4.69, 9.17) is 23.5 Å². The van der Waals surface area contributed by atoms with E-state index in [2.05, 4.69) is 15.5 Å². The highest BCUT2D eigenvalue weighted by Gasteiger charge is 2.44. The summed E-state index contributed by atoms with van der Waals surface area (Å²) in [5, 5.41) is 6.90. The Kier molecular flexibility index (Phi) is 5.53. The van der Waals surface area contributed by atoms with Crippen molar-refractivity contribution in [3.05, 3.63) is 42.3 Å². The maximum atomic E-state index is 12.5. The summed E-state index contributed by atoms with van der Waals surface area (Å²) in [6.07, 6.45) is 4.49. The maximum Gasteiger partial charge on any atom is 0.251 e. The van der Waals surface area contributed by atoms with Crippen LogP contribution >= 0.6 is 0 Å². The summed E-state index contributed by atoms with van der Waals surface area (Å²) in [7, 11) is 3.14. The second-order valence-corrected chi connectivity index (χ2v) is 8.11. The van der Waals surface area contributed by atoms with Gasteiger partial charge in [0.05, 0.1) is 14.2 Å².